The maximum atomic E-state index is 12.5. The number of nitrogens with one attached hydrogen (secondary N) is 1. The number of carbonyl (C=O) groups is 2. The summed E-state index contributed by atoms with van der Waals surface area (Å²) in [5.74, 6) is -1.09. The molecular formula is C16H22N4O4. The van der Waals surface area contributed by atoms with E-state index >= 15 is 0 Å². The number of ether oxygens (including phenoxy) is 1. The highest BCUT2D eigenvalue weighted by Crippen LogP contribution is 2.31. The summed E-state index contributed by atoms with van der Waals surface area (Å²) < 4.78 is 10.2. The number of rotatable bonds is 3. The lowest BCUT2D eigenvalue weighted by Gasteiger charge is -2.38. The SMILES string of the molecule is CCN1CCN(C2=N[C@@H](c3ccco3)[C@H](C(=O)OC)C(=O)N2)CC1. The van der Waals surface area contributed by atoms with Gasteiger partial charge >= 0.3 is 5.97 Å². The fourth-order valence-electron chi connectivity index (χ4n) is 3.06. The van der Waals surface area contributed by atoms with Gasteiger partial charge in [0.25, 0.3) is 0 Å². The Morgan fingerprint density at radius 2 is 2.17 bits per heavy atom. The van der Waals surface area contributed by atoms with Gasteiger partial charge in [-0.05, 0) is 18.7 Å². The maximum Gasteiger partial charge on any atom is 0.320 e. The average Bonchev–Trinajstić information content (AvgIpc) is 3.15. The summed E-state index contributed by atoms with van der Waals surface area (Å²) in [6.07, 6.45) is 1.51. The van der Waals surface area contributed by atoms with Gasteiger partial charge < -0.3 is 19.0 Å². The van der Waals surface area contributed by atoms with Crippen molar-refractivity contribution in [2.45, 2.75) is 13.0 Å². The second kappa shape index (κ2) is 7.04. The third-order valence-electron chi connectivity index (χ3n) is 4.50. The molecule has 1 amide bonds. The Hall–Kier alpha value is -2.35. The van der Waals surface area contributed by atoms with E-state index in [1.54, 1.807) is 12.1 Å². The fraction of sp³-hybridized carbons (Fsp3) is 0.562. The molecule has 0 aromatic carbocycles. The van der Waals surface area contributed by atoms with Crippen molar-refractivity contribution in [3.8, 4) is 0 Å². The van der Waals surface area contributed by atoms with Crippen molar-refractivity contribution < 1.29 is 18.7 Å². The number of guanidine groups is 1. The number of nitrogens with zero attached hydrogens (tertiary/aromatic N) is 3. The Morgan fingerprint density at radius 1 is 1.42 bits per heavy atom. The molecule has 0 spiro atoms. The van der Waals surface area contributed by atoms with Gasteiger partial charge in [-0.15, -0.1) is 0 Å². The van der Waals surface area contributed by atoms with Gasteiger partial charge in [0.2, 0.25) is 11.9 Å². The first-order valence-corrected chi connectivity index (χ1v) is 8.11. The molecule has 2 aliphatic heterocycles. The second-order valence-electron chi connectivity index (χ2n) is 5.82. The zero-order valence-corrected chi connectivity index (χ0v) is 13.9. The highest BCUT2D eigenvalue weighted by Gasteiger charge is 2.43. The lowest BCUT2D eigenvalue weighted by Crippen LogP contribution is -2.57. The third-order valence-corrected chi connectivity index (χ3v) is 4.50. The van der Waals surface area contributed by atoms with Gasteiger partial charge in [0, 0.05) is 26.2 Å². The fourth-order valence-corrected chi connectivity index (χ4v) is 3.06. The molecule has 0 saturated carbocycles. The predicted octanol–water partition coefficient (Wildman–Crippen LogP) is 0.233. The number of aliphatic imine (C=N–C) groups is 1. The van der Waals surface area contributed by atoms with E-state index in [0.717, 1.165) is 32.7 Å². The van der Waals surface area contributed by atoms with Crippen molar-refractivity contribution in [3.05, 3.63) is 24.2 Å². The number of methoxy groups -OCH3 is 1. The van der Waals surface area contributed by atoms with E-state index < -0.39 is 23.8 Å². The standard InChI is InChI=1S/C16H22N4O4/c1-3-19-6-8-20(9-7-19)16-17-13(11-5-4-10-24-11)12(14(21)18-16)15(22)23-2/h4-5,10,12-13H,3,6-9H2,1-2H3,(H,17,18,21)/t12-,13-/m0/s1. The Balaban J connectivity index is 1.86. The number of piperazine rings is 1. The van der Waals surface area contributed by atoms with Gasteiger partial charge in [-0.25, -0.2) is 4.99 Å². The summed E-state index contributed by atoms with van der Waals surface area (Å²) in [6, 6.07) is 2.72. The number of furan rings is 1. The van der Waals surface area contributed by atoms with Crippen molar-refractivity contribution in [2.75, 3.05) is 39.8 Å². The molecule has 8 nitrogen and oxygen atoms in total. The van der Waals surface area contributed by atoms with E-state index in [-0.39, 0.29) is 0 Å². The van der Waals surface area contributed by atoms with Crippen LogP contribution >= 0.6 is 0 Å². The molecule has 0 bridgehead atoms. The molecule has 130 valence electrons. The van der Waals surface area contributed by atoms with Crippen LogP contribution in [-0.2, 0) is 14.3 Å². The third kappa shape index (κ3) is 3.14. The monoisotopic (exact) mass is 334 g/mol. The molecule has 2 aliphatic rings. The van der Waals surface area contributed by atoms with Gasteiger partial charge in [0.1, 0.15) is 11.8 Å². The zero-order valence-electron chi connectivity index (χ0n) is 13.9. The molecule has 0 radical (unpaired) electrons. The zero-order chi connectivity index (χ0) is 17.1. The summed E-state index contributed by atoms with van der Waals surface area (Å²) in [5.41, 5.74) is 0. The van der Waals surface area contributed by atoms with Gasteiger partial charge in [0.05, 0.1) is 13.4 Å². The number of hydrogen-bond donors (Lipinski definition) is 1. The Kier molecular flexibility index (Phi) is 4.84. The van der Waals surface area contributed by atoms with E-state index in [1.807, 2.05) is 4.90 Å². The van der Waals surface area contributed by atoms with Crippen LogP contribution in [0, 0.1) is 5.92 Å². The van der Waals surface area contributed by atoms with Crippen LogP contribution in [-0.4, -0.2) is 67.5 Å². The number of amides is 1. The van der Waals surface area contributed by atoms with Crippen molar-refractivity contribution in [1.29, 1.82) is 0 Å². The lowest BCUT2D eigenvalue weighted by molar-refractivity contribution is -0.151. The Morgan fingerprint density at radius 3 is 2.75 bits per heavy atom. The van der Waals surface area contributed by atoms with E-state index in [4.69, 9.17) is 9.15 Å². The smallest absolute Gasteiger partial charge is 0.320 e. The van der Waals surface area contributed by atoms with E-state index in [0.29, 0.717) is 11.7 Å². The van der Waals surface area contributed by atoms with Crippen molar-refractivity contribution in [1.82, 2.24) is 15.1 Å². The van der Waals surface area contributed by atoms with Crippen LogP contribution in [0.1, 0.15) is 18.7 Å². The first-order chi connectivity index (χ1) is 11.6. The van der Waals surface area contributed by atoms with Crippen LogP contribution in [0.4, 0.5) is 0 Å². The molecule has 3 rings (SSSR count). The largest absolute Gasteiger partial charge is 0.468 e. The molecule has 24 heavy (non-hydrogen) atoms. The quantitative estimate of drug-likeness (QED) is 0.629. The first-order valence-electron chi connectivity index (χ1n) is 8.11. The van der Waals surface area contributed by atoms with Crippen LogP contribution in [0.3, 0.4) is 0 Å². The van der Waals surface area contributed by atoms with Gasteiger partial charge in [-0.1, -0.05) is 6.92 Å². The van der Waals surface area contributed by atoms with Crippen LogP contribution < -0.4 is 5.32 Å². The van der Waals surface area contributed by atoms with Crippen molar-refractivity contribution in [2.24, 2.45) is 10.9 Å². The molecular weight excluding hydrogens is 312 g/mol. The molecule has 2 atom stereocenters. The van der Waals surface area contributed by atoms with Crippen LogP contribution in [0.25, 0.3) is 0 Å². The number of likely N-dealkylation sites (N-methyl/N-ethyl adjacent to an activating group) is 1. The Bertz CT molecular complexity index is 620. The molecule has 1 saturated heterocycles. The molecule has 1 aromatic rings. The summed E-state index contributed by atoms with van der Waals surface area (Å²) in [7, 11) is 1.26. The molecule has 0 unspecified atom stereocenters. The maximum absolute atomic E-state index is 12.5. The molecule has 0 aliphatic carbocycles. The highest BCUT2D eigenvalue weighted by atomic mass is 16.5. The molecule has 1 fully saturated rings. The van der Waals surface area contributed by atoms with E-state index in [2.05, 4.69) is 22.1 Å². The lowest BCUT2D eigenvalue weighted by atomic mass is 9.95. The van der Waals surface area contributed by atoms with Crippen LogP contribution in [0.5, 0.6) is 0 Å². The minimum atomic E-state index is -1.04. The number of esters is 1. The summed E-state index contributed by atoms with van der Waals surface area (Å²) in [6.45, 7) is 6.52. The minimum absolute atomic E-state index is 0.411. The molecule has 3 heterocycles. The van der Waals surface area contributed by atoms with Crippen LogP contribution in [0.2, 0.25) is 0 Å². The summed E-state index contributed by atoms with van der Waals surface area (Å²) in [4.78, 5) is 33.5. The van der Waals surface area contributed by atoms with Gasteiger partial charge in [-0.3, -0.25) is 14.9 Å². The number of hydrogen-bond acceptors (Lipinski definition) is 7. The molecule has 1 aromatic heterocycles. The van der Waals surface area contributed by atoms with Gasteiger partial charge in [0.15, 0.2) is 5.92 Å². The van der Waals surface area contributed by atoms with Crippen LogP contribution in [0.15, 0.2) is 27.8 Å². The Labute approximate surface area is 140 Å². The average molecular weight is 334 g/mol. The first kappa shape index (κ1) is 16.5. The summed E-state index contributed by atoms with van der Waals surface area (Å²) >= 11 is 0. The molecule has 1 N–H and O–H groups in total. The number of carbonyl (C=O) groups excluding carboxylic acids is 2. The molecule has 8 heteroatoms. The normalized spacial score (nSPS) is 25.2. The predicted molar refractivity (Wildman–Crippen MR) is 86.2 cm³/mol. The van der Waals surface area contributed by atoms with E-state index in [1.165, 1.54) is 13.4 Å². The second-order valence-corrected chi connectivity index (χ2v) is 5.82. The highest BCUT2D eigenvalue weighted by molar-refractivity contribution is 6.08. The summed E-state index contributed by atoms with van der Waals surface area (Å²) in [5, 5.41) is 2.75. The van der Waals surface area contributed by atoms with Crippen molar-refractivity contribution in [3.63, 3.8) is 0 Å². The minimum Gasteiger partial charge on any atom is -0.468 e. The van der Waals surface area contributed by atoms with Gasteiger partial charge in [-0.2, -0.15) is 0 Å². The van der Waals surface area contributed by atoms with E-state index in [9.17, 15) is 9.59 Å². The van der Waals surface area contributed by atoms with Crippen molar-refractivity contribution >= 4 is 17.8 Å². The topological polar surface area (TPSA) is 87.4 Å².